The van der Waals surface area contributed by atoms with Crippen molar-refractivity contribution in [3.8, 4) is 5.75 Å². The van der Waals surface area contributed by atoms with Crippen LogP contribution >= 0.6 is 22.6 Å². The van der Waals surface area contributed by atoms with Crippen LogP contribution in [0.3, 0.4) is 0 Å². The number of rotatable bonds is 1. The number of aromatic nitrogens is 1. The van der Waals surface area contributed by atoms with Gasteiger partial charge in [-0.15, -0.1) is 13.2 Å². The van der Waals surface area contributed by atoms with Crippen molar-refractivity contribution in [3.05, 3.63) is 37.7 Å². The Hall–Kier alpha value is -1.25. The van der Waals surface area contributed by atoms with Gasteiger partial charge in [0.25, 0.3) is 0 Å². The van der Waals surface area contributed by atoms with E-state index in [2.05, 4.69) is 9.72 Å². The highest BCUT2D eigenvalue weighted by Gasteiger charge is 2.32. The number of hydrogen-bond acceptors (Lipinski definition) is 2. The Morgan fingerprint density at radius 3 is 2.61 bits per heavy atom. The molecule has 1 aromatic carbocycles. The molecule has 2 rings (SSSR count). The van der Waals surface area contributed by atoms with Crippen LogP contribution in [-0.2, 0) is 0 Å². The van der Waals surface area contributed by atoms with Gasteiger partial charge in [0.2, 0.25) is 5.43 Å². The maximum Gasteiger partial charge on any atom is 0.573 e. The number of benzene rings is 1. The molecule has 0 saturated heterocycles. The van der Waals surface area contributed by atoms with Crippen molar-refractivity contribution >= 4 is 33.5 Å². The highest BCUT2D eigenvalue weighted by Crippen LogP contribution is 2.28. The first-order valence-electron chi connectivity index (χ1n) is 4.86. The summed E-state index contributed by atoms with van der Waals surface area (Å²) < 4.78 is 41.0. The van der Waals surface area contributed by atoms with Crippen LogP contribution in [0.2, 0.25) is 0 Å². The summed E-state index contributed by atoms with van der Waals surface area (Å²) in [5, 5.41) is 0.173. The molecule has 0 fully saturated rings. The van der Waals surface area contributed by atoms with Crippen LogP contribution in [0.1, 0.15) is 5.69 Å². The van der Waals surface area contributed by atoms with Gasteiger partial charge in [-0.1, -0.05) is 6.07 Å². The van der Waals surface area contributed by atoms with E-state index in [1.165, 1.54) is 12.1 Å². The van der Waals surface area contributed by atoms with Gasteiger partial charge in [-0.05, 0) is 41.6 Å². The molecular formula is C11H7F3INO2. The molecule has 0 aliphatic carbocycles. The standard InChI is InChI=1S/C11H7F3INO2/c1-5-8(15)10(17)6-3-2-4-7(9(6)16-5)18-11(12,13)14/h2-4H,1H3,(H,16,17). The summed E-state index contributed by atoms with van der Waals surface area (Å²) in [6.07, 6.45) is -4.79. The average Bonchev–Trinajstić information content (AvgIpc) is 2.25. The molecule has 0 amide bonds. The van der Waals surface area contributed by atoms with Crippen molar-refractivity contribution in [3.63, 3.8) is 0 Å². The Morgan fingerprint density at radius 2 is 2.00 bits per heavy atom. The van der Waals surface area contributed by atoms with Gasteiger partial charge in [-0.25, -0.2) is 0 Å². The predicted molar refractivity (Wildman–Crippen MR) is 68.7 cm³/mol. The van der Waals surface area contributed by atoms with E-state index in [9.17, 15) is 18.0 Å². The Balaban J connectivity index is 2.74. The summed E-state index contributed by atoms with van der Waals surface area (Å²) in [5.41, 5.74) is 0.249. The van der Waals surface area contributed by atoms with Crippen molar-refractivity contribution in [2.24, 2.45) is 0 Å². The summed E-state index contributed by atoms with van der Waals surface area (Å²) in [7, 11) is 0. The van der Waals surface area contributed by atoms with E-state index in [1.807, 2.05) is 22.6 Å². The number of halogens is 4. The van der Waals surface area contributed by atoms with Crippen LogP contribution < -0.4 is 10.2 Å². The maximum atomic E-state index is 12.2. The van der Waals surface area contributed by atoms with Crippen molar-refractivity contribution in [1.82, 2.24) is 4.98 Å². The summed E-state index contributed by atoms with van der Waals surface area (Å²) >= 11 is 1.85. The average molecular weight is 369 g/mol. The zero-order chi connectivity index (χ0) is 13.5. The molecule has 0 aliphatic rings. The molecule has 1 heterocycles. The summed E-state index contributed by atoms with van der Waals surface area (Å²) in [6, 6.07) is 3.97. The summed E-state index contributed by atoms with van der Waals surface area (Å²) in [5.74, 6) is -0.406. The minimum absolute atomic E-state index is 0.0535. The SMILES string of the molecule is Cc1[nH]c2c(OC(F)(F)F)cccc2c(=O)c1I. The molecule has 7 heteroatoms. The van der Waals surface area contributed by atoms with E-state index in [1.54, 1.807) is 6.92 Å². The fraction of sp³-hybridized carbons (Fsp3) is 0.182. The molecule has 0 atom stereocenters. The third-order valence-electron chi connectivity index (χ3n) is 2.34. The van der Waals surface area contributed by atoms with Crippen LogP contribution in [0, 0.1) is 10.5 Å². The van der Waals surface area contributed by atoms with Crippen LogP contribution in [-0.4, -0.2) is 11.3 Å². The molecule has 3 nitrogen and oxygen atoms in total. The zero-order valence-electron chi connectivity index (χ0n) is 9.06. The lowest BCUT2D eigenvalue weighted by Crippen LogP contribution is -2.18. The first-order valence-corrected chi connectivity index (χ1v) is 5.94. The van der Waals surface area contributed by atoms with E-state index < -0.39 is 12.1 Å². The van der Waals surface area contributed by atoms with E-state index >= 15 is 0 Å². The number of aromatic amines is 1. The molecule has 96 valence electrons. The highest BCUT2D eigenvalue weighted by atomic mass is 127. The Kier molecular flexibility index (Phi) is 3.26. The van der Waals surface area contributed by atoms with Gasteiger partial charge in [0.05, 0.1) is 14.5 Å². The maximum absolute atomic E-state index is 12.2. The monoisotopic (exact) mass is 369 g/mol. The van der Waals surface area contributed by atoms with Crippen LogP contribution in [0.5, 0.6) is 5.75 Å². The third-order valence-corrected chi connectivity index (χ3v) is 3.64. The van der Waals surface area contributed by atoms with Gasteiger partial charge in [0.1, 0.15) is 0 Å². The van der Waals surface area contributed by atoms with E-state index in [0.29, 0.717) is 9.26 Å². The normalized spacial score (nSPS) is 11.8. The van der Waals surface area contributed by atoms with Gasteiger partial charge < -0.3 is 9.72 Å². The van der Waals surface area contributed by atoms with Gasteiger partial charge in [0.15, 0.2) is 5.75 Å². The number of alkyl halides is 3. The second kappa shape index (κ2) is 4.45. The fourth-order valence-electron chi connectivity index (χ4n) is 1.59. The smallest absolute Gasteiger partial charge is 0.404 e. The largest absolute Gasteiger partial charge is 0.573 e. The fourth-order valence-corrected chi connectivity index (χ4v) is 2.02. The first kappa shape index (κ1) is 13.2. The molecule has 0 spiro atoms. The molecular weight excluding hydrogens is 362 g/mol. The van der Waals surface area contributed by atoms with Crippen molar-refractivity contribution in [1.29, 1.82) is 0 Å². The van der Waals surface area contributed by atoms with Crippen LogP contribution in [0.15, 0.2) is 23.0 Å². The lowest BCUT2D eigenvalue weighted by Gasteiger charge is -2.12. The van der Waals surface area contributed by atoms with E-state index in [0.717, 1.165) is 6.07 Å². The second-order valence-electron chi connectivity index (χ2n) is 3.62. The zero-order valence-corrected chi connectivity index (χ0v) is 11.2. The minimum atomic E-state index is -4.79. The second-order valence-corrected chi connectivity index (χ2v) is 4.70. The Labute approximate surface area is 113 Å². The molecule has 0 aliphatic heterocycles. The summed E-state index contributed by atoms with van der Waals surface area (Å²) in [4.78, 5) is 14.7. The number of aryl methyl sites for hydroxylation is 1. The lowest BCUT2D eigenvalue weighted by atomic mass is 10.2. The van der Waals surface area contributed by atoms with Gasteiger partial charge >= 0.3 is 6.36 Å². The topological polar surface area (TPSA) is 42.1 Å². The molecule has 1 N–H and O–H groups in total. The quantitative estimate of drug-likeness (QED) is 0.784. The lowest BCUT2D eigenvalue weighted by molar-refractivity contribution is -0.274. The van der Waals surface area contributed by atoms with Crippen molar-refractivity contribution < 1.29 is 17.9 Å². The molecule has 0 radical (unpaired) electrons. The molecule has 0 bridgehead atoms. The highest BCUT2D eigenvalue weighted by molar-refractivity contribution is 14.1. The van der Waals surface area contributed by atoms with Crippen LogP contribution in [0.25, 0.3) is 10.9 Å². The van der Waals surface area contributed by atoms with E-state index in [4.69, 9.17) is 0 Å². The van der Waals surface area contributed by atoms with E-state index in [-0.39, 0.29) is 16.3 Å². The van der Waals surface area contributed by atoms with Gasteiger partial charge in [-0.2, -0.15) is 0 Å². The number of H-pyrrole nitrogens is 1. The number of pyridine rings is 1. The molecule has 0 unspecified atom stereocenters. The Bertz CT molecular complexity index is 664. The number of ether oxygens (including phenoxy) is 1. The number of hydrogen-bond donors (Lipinski definition) is 1. The van der Waals surface area contributed by atoms with Crippen molar-refractivity contribution in [2.45, 2.75) is 13.3 Å². The molecule has 18 heavy (non-hydrogen) atoms. The van der Waals surface area contributed by atoms with Crippen molar-refractivity contribution in [2.75, 3.05) is 0 Å². The summed E-state index contributed by atoms with van der Waals surface area (Å²) in [6.45, 7) is 1.62. The number of para-hydroxylation sites is 1. The third kappa shape index (κ3) is 2.45. The number of nitrogens with one attached hydrogen (secondary N) is 1. The van der Waals surface area contributed by atoms with Gasteiger partial charge in [-0.3, -0.25) is 4.79 Å². The molecule has 0 saturated carbocycles. The molecule has 1 aromatic heterocycles. The van der Waals surface area contributed by atoms with Gasteiger partial charge in [0, 0.05) is 5.69 Å². The van der Waals surface area contributed by atoms with Crippen LogP contribution in [0.4, 0.5) is 13.2 Å². The molecule has 2 aromatic rings. The predicted octanol–water partition coefficient (Wildman–Crippen LogP) is 3.34. The minimum Gasteiger partial charge on any atom is -0.404 e. The Morgan fingerprint density at radius 1 is 1.33 bits per heavy atom. The number of fused-ring (bicyclic) bond motifs is 1. The first-order chi connectivity index (χ1) is 8.29.